The predicted molar refractivity (Wildman–Crippen MR) is 87.6 cm³/mol. The minimum absolute atomic E-state index is 0.0279. The molecular weight excluding hydrogens is 328 g/mol. The van der Waals surface area contributed by atoms with Gasteiger partial charge in [-0.3, -0.25) is 4.79 Å². The molecule has 0 unspecified atom stereocenters. The van der Waals surface area contributed by atoms with E-state index in [0.29, 0.717) is 25.6 Å². The first-order valence-electron chi connectivity index (χ1n) is 6.76. The summed E-state index contributed by atoms with van der Waals surface area (Å²) in [6, 6.07) is 1.95. The molecule has 2 rings (SSSR count). The summed E-state index contributed by atoms with van der Waals surface area (Å²) < 4.78 is 24.4. The Bertz CT molecular complexity index is 590. The molecule has 0 atom stereocenters. The van der Waals surface area contributed by atoms with Crippen molar-refractivity contribution in [3.05, 3.63) is 16.3 Å². The van der Waals surface area contributed by atoms with Crippen molar-refractivity contribution in [3.63, 3.8) is 0 Å². The maximum atomic E-state index is 12.1. The second kappa shape index (κ2) is 7.13. The van der Waals surface area contributed by atoms with E-state index in [0.717, 1.165) is 22.6 Å². The highest BCUT2D eigenvalue weighted by molar-refractivity contribution is 7.98. The smallest absolute Gasteiger partial charge is 0.262 e. The van der Waals surface area contributed by atoms with Crippen LogP contribution in [0.1, 0.15) is 22.5 Å². The third kappa shape index (κ3) is 4.45. The fraction of sp³-hybridized carbons (Fsp3) is 0.615. The molecule has 1 fully saturated rings. The third-order valence-electron chi connectivity index (χ3n) is 3.65. The Labute approximate surface area is 134 Å². The lowest BCUT2D eigenvalue weighted by molar-refractivity contribution is 0.0943. The SMILES string of the molecule is CSc1ccsc1C(=O)NCC1CCN(S(C)(=O)=O)CC1. The summed E-state index contributed by atoms with van der Waals surface area (Å²) in [5.41, 5.74) is 0. The van der Waals surface area contributed by atoms with Crippen LogP contribution in [0.15, 0.2) is 16.3 Å². The van der Waals surface area contributed by atoms with Crippen molar-refractivity contribution in [1.82, 2.24) is 9.62 Å². The molecule has 2 heterocycles. The molecule has 0 saturated carbocycles. The van der Waals surface area contributed by atoms with Crippen LogP contribution in [-0.4, -0.2) is 50.8 Å². The van der Waals surface area contributed by atoms with Crippen LogP contribution >= 0.6 is 23.1 Å². The number of carbonyl (C=O) groups excluding carboxylic acids is 1. The van der Waals surface area contributed by atoms with E-state index in [1.807, 2.05) is 17.7 Å². The van der Waals surface area contributed by atoms with Gasteiger partial charge in [0.15, 0.2) is 0 Å². The third-order valence-corrected chi connectivity index (χ3v) is 6.77. The molecule has 8 heteroatoms. The van der Waals surface area contributed by atoms with Crippen LogP contribution in [0.5, 0.6) is 0 Å². The van der Waals surface area contributed by atoms with Crippen LogP contribution in [0.4, 0.5) is 0 Å². The Morgan fingerprint density at radius 1 is 1.48 bits per heavy atom. The Kier molecular flexibility index (Phi) is 5.70. The Morgan fingerprint density at radius 3 is 2.71 bits per heavy atom. The maximum Gasteiger partial charge on any atom is 0.262 e. The average molecular weight is 349 g/mol. The van der Waals surface area contributed by atoms with Gasteiger partial charge in [0.2, 0.25) is 10.0 Å². The van der Waals surface area contributed by atoms with Crippen molar-refractivity contribution < 1.29 is 13.2 Å². The highest BCUT2D eigenvalue weighted by Crippen LogP contribution is 2.25. The standard InChI is InChI=1S/C13H20N2O3S3/c1-19-11-5-8-20-12(11)13(16)14-9-10-3-6-15(7-4-10)21(2,17)18/h5,8,10H,3-4,6-7,9H2,1-2H3,(H,14,16). The van der Waals surface area contributed by atoms with Crippen LogP contribution in [0.25, 0.3) is 0 Å². The van der Waals surface area contributed by atoms with Crippen molar-refractivity contribution in [2.75, 3.05) is 32.1 Å². The molecule has 21 heavy (non-hydrogen) atoms. The molecule has 1 aliphatic rings. The number of thiophene rings is 1. The number of nitrogens with zero attached hydrogens (tertiary/aromatic N) is 1. The monoisotopic (exact) mass is 348 g/mol. The zero-order chi connectivity index (χ0) is 15.5. The van der Waals surface area contributed by atoms with E-state index >= 15 is 0 Å². The number of piperidine rings is 1. The maximum absolute atomic E-state index is 12.1. The Hall–Kier alpha value is -0.570. The summed E-state index contributed by atoms with van der Waals surface area (Å²) in [5.74, 6) is 0.324. The van der Waals surface area contributed by atoms with Gasteiger partial charge in [0, 0.05) is 24.5 Å². The number of hydrogen-bond donors (Lipinski definition) is 1. The molecule has 5 nitrogen and oxygen atoms in total. The normalized spacial score (nSPS) is 17.8. The number of hydrogen-bond acceptors (Lipinski definition) is 5. The molecular formula is C13H20N2O3S3. The first-order chi connectivity index (χ1) is 9.91. The number of carbonyl (C=O) groups is 1. The first-order valence-corrected chi connectivity index (χ1v) is 10.7. The molecule has 0 aromatic carbocycles. The molecule has 0 bridgehead atoms. The molecule has 1 aromatic heterocycles. The lowest BCUT2D eigenvalue weighted by Gasteiger charge is -2.30. The summed E-state index contributed by atoms with van der Waals surface area (Å²) >= 11 is 3.02. The van der Waals surface area contributed by atoms with Gasteiger partial charge in [-0.05, 0) is 36.5 Å². The predicted octanol–water partition coefficient (Wildman–Crippen LogP) is 1.87. The largest absolute Gasteiger partial charge is 0.351 e. The number of amides is 1. The van der Waals surface area contributed by atoms with Gasteiger partial charge >= 0.3 is 0 Å². The van der Waals surface area contributed by atoms with Gasteiger partial charge in [-0.25, -0.2) is 12.7 Å². The van der Waals surface area contributed by atoms with E-state index in [1.54, 1.807) is 11.8 Å². The highest BCUT2D eigenvalue weighted by atomic mass is 32.2. The minimum Gasteiger partial charge on any atom is -0.351 e. The zero-order valence-corrected chi connectivity index (χ0v) is 14.6. The molecule has 1 aliphatic heterocycles. The van der Waals surface area contributed by atoms with Crippen molar-refractivity contribution in [3.8, 4) is 0 Å². The number of rotatable bonds is 5. The van der Waals surface area contributed by atoms with E-state index in [1.165, 1.54) is 21.9 Å². The highest BCUT2D eigenvalue weighted by Gasteiger charge is 2.25. The Morgan fingerprint density at radius 2 is 2.14 bits per heavy atom. The zero-order valence-electron chi connectivity index (χ0n) is 12.2. The van der Waals surface area contributed by atoms with Crippen molar-refractivity contribution in [2.24, 2.45) is 5.92 Å². The quantitative estimate of drug-likeness (QED) is 0.825. The summed E-state index contributed by atoms with van der Waals surface area (Å²) in [5, 5.41) is 4.90. The van der Waals surface area contributed by atoms with Gasteiger partial charge in [-0.1, -0.05) is 0 Å². The number of sulfonamides is 1. The van der Waals surface area contributed by atoms with E-state index in [9.17, 15) is 13.2 Å². The second-order valence-electron chi connectivity index (χ2n) is 5.13. The lowest BCUT2D eigenvalue weighted by Crippen LogP contribution is -2.41. The first kappa shape index (κ1) is 16.8. The summed E-state index contributed by atoms with van der Waals surface area (Å²) in [4.78, 5) is 13.9. The van der Waals surface area contributed by atoms with E-state index in [2.05, 4.69) is 5.32 Å². The van der Waals surface area contributed by atoms with Crippen LogP contribution < -0.4 is 5.32 Å². The summed E-state index contributed by atoms with van der Waals surface area (Å²) in [7, 11) is -3.08. The molecule has 1 N–H and O–H groups in total. The molecule has 1 amide bonds. The van der Waals surface area contributed by atoms with E-state index in [-0.39, 0.29) is 5.91 Å². The molecule has 0 spiro atoms. The number of thioether (sulfide) groups is 1. The average Bonchev–Trinajstić information content (AvgIpc) is 2.92. The van der Waals surface area contributed by atoms with E-state index < -0.39 is 10.0 Å². The Balaban J connectivity index is 1.81. The molecule has 0 aliphatic carbocycles. The summed E-state index contributed by atoms with van der Waals surface area (Å²) in [6.45, 7) is 1.71. The van der Waals surface area contributed by atoms with Crippen LogP contribution in [0, 0.1) is 5.92 Å². The van der Waals surface area contributed by atoms with Crippen LogP contribution in [-0.2, 0) is 10.0 Å². The van der Waals surface area contributed by atoms with Crippen molar-refractivity contribution in [1.29, 1.82) is 0 Å². The second-order valence-corrected chi connectivity index (χ2v) is 8.88. The van der Waals surface area contributed by atoms with Gasteiger partial charge < -0.3 is 5.32 Å². The van der Waals surface area contributed by atoms with Crippen LogP contribution in [0.3, 0.4) is 0 Å². The summed E-state index contributed by atoms with van der Waals surface area (Å²) in [6.07, 6.45) is 4.80. The molecule has 1 saturated heterocycles. The van der Waals surface area contributed by atoms with Crippen molar-refractivity contribution in [2.45, 2.75) is 17.7 Å². The van der Waals surface area contributed by atoms with Crippen LogP contribution in [0.2, 0.25) is 0 Å². The van der Waals surface area contributed by atoms with Gasteiger partial charge in [0.05, 0.1) is 6.26 Å². The van der Waals surface area contributed by atoms with Gasteiger partial charge in [0.25, 0.3) is 5.91 Å². The lowest BCUT2D eigenvalue weighted by atomic mass is 9.98. The van der Waals surface area contributed by atoms with Crippen molar-refractivity contribution >= 4 is 39.0 Å². The number of nitrogens with one attached hydrogen (secondary N) is 1. The van der Waals surface area contributed by atoms with Gasteiger partial charge in [0.1, 0.15) is 4.88 Å². The van der Waals surface area contributed by atoms with E-state index in [4.69, 9.17) is 0 Å². The fourth-order valence-corrected chi connectivity index (χ4v) is 4.93. The van der Waals surface area contributed by atoms with Gasteiger partial charge in [-0.15, -0.1) is 23.1 Å². The molecule has 118 valence electrons. The molecule has 0 radical (unpaired) electrons. The molecule has 1 aromatic rings. The van der Waals surface area contributed by atoms with Gasteiger partial charge in [-0.2, -0.15) is 0 Å². The topological polar surface area (TPSA) is 66.5 Å². The fourth-order valence-electron chi connectivity index (χ4n) is 2.39. The minimum atomic E-state index is -3.08.